The van der Waals surface area contributed by atoms with Crippen LogP contribution in [0.25, 0.3) is 5.57 Å². The molecular formula is C18H16Cl2O3. The molecule has 0 heterocycles. The lowest BCUT2D eigenvalue weighted by Crippen LogP contribution is -2.02. The Balaban J connectivity index is 2.58. The molecule has 0 aliphatic rings. The Kier molecular flexibility index (Phi) is 6.08. The lowest BCUT2D eigenvalue weighted by Gasteiger charge is -2.13. The summed E-state index contributed by atoms with van der Waals surface area (Å²) in [7, 11) is 1.59. The first-order valence-corrected chi connectivity index (χ1v) is 7.79. The van der Waals surface area contributed by atoms with Gasteiger partial charge in [0.05, 0.1) is 13.7 Å². The third-order valence-corrected chi connectivity index (χ3v) is 3.81. The fraction of sp³-hybridized carbons (Fsp3) is 0.167. The van der Waals surface area contributed by atoms with E-state index in [1.165, 1.54) is 6.08 Å². The molecule has 0 spiro atoms. The van der Waals surface area contributed by atoms with Crippen LogP contribution in [0.4, 0.5) is 0 Å². The molecule has 0 bridgehead atoms. The average Bonchev–Trinajstić information content (AvgIpc) is 2.54. The van der Waals surface area contributed by atoms with Gasteiger partial charge in [0, 0.05) is 21.7 Å². The van der Waals surface area contributed by atoms with Crippen LogP contribution in [-0.2, 0) is 9.53 Å². The van der Waals surface area contributed by atoms with E-state index in [9.17, 15) is 4.79 Å². The second kappa shape index (κ2) is 8.04. The van der Waals surface area contributed by atoms with E-state index in [4.69, 9.17) is 32.7 Å². The Labute approximate surface area is 145 Å². The van der Waals surface area contributed by atoms with E-state index < -0.39 is 5.97 Å². The molecular weight excluding hydrogens is 335 g/mol. The second-order valence-electron chi connectivity index (χ2n) is 4.64. The van der Waals surface area contributed by atoms with Crippen molar-refractivity contribution in [2.45, 2.75) is 6.92 Å². The minimum Gasteiger partial charge on any atom is -0.497 e. The molecule has 0 radical (unpaired) electrons. The van der Waals surface area contributed by atoms with E-state index in [1.54, 1.807) is 44.4 Å². The largest absolute Gasteiger partial charge is 0.497 e. The number of rotatable bonds is 5. The summed E-state index contributed by atoms with van der Waals surface area (Å²) in [6, 6.07) is 12.5. The number of ether oxygens (including phenoxy) is 2. The molecule has 0 aliphatic heterocycles. The number of hydrogen-bond donors (Lipinski definition) is 0. The maximum absolute atomic E-state index is 11.9. The van der Waals surface area contributed by atoms with Crippen LogP contribution in [0, 0.1) is 0 Å². The third kappa shape index (κ3) is 4.27. The molecule has 0 amide bonds. The fourth-order valence-electron chi connectivity index (χ4n) is 2.13. The van der Waals surface area contributed by atoms with Gasteiger partial charge in [0.2, 0.25) is 0 Å². The number of carbonyl (C=O) groups is 1. The molecule has 0 N–H and O–H groups in total. The van der Waals surface area contributed by atoms with Crippen LogP contribution in [0.5, 0.6) is 5.75 Å². The standard InChI is InChI=1S/C18H16Cl2O3/c1-3-23-17(21)11-14(12-7-9-13(22-2)10-8-12)18-15(19)5-4-6-16(18)20/h4-11H,3H2,1-2H3/b14-11-. The summed E-state index contributed by atoms with van der Waals surface area (Å²) in [5.74, 6) is 0.267. The van der Waals surface area contributed by atoms with Gasteiger partial charge in [-0.25, -0.2) is 4.79 Å². The first kappa shape index (κ1) is 17.4. The molecule has 0 aliphatic carbocycles. The zero-order valence-electron chi connectivity index (χ0n) is 12.8. The molecule has 5 heteroatoms. The Morgan fingerprint density at radius 3 is 2.22 bits per heavy atom. The van der Waals surface area contributed by atoms with Gasteiger partial charge in [0.1, 0.15) is 5.75 Å². The number of carbonyl (C=O) groups excluding carboxylic acids is 1. The zero-order chi connectivity index (χ0) is 16.8. The van der Waals surface area contributed by atoms with Gasteiger partial charge in [-0.2, -0.15) is 0 Å². The SMILES string of the molecule is CCOC(=O)/C=C(/c1ccc(OC)cc1)c1c(Cl)cccc1Cl. The zero-order valence-corrected chi connectivity index (χ0v) is 14.3. The minimum atomic E-state index is -0.450. The van der Waals surface area contributed by atoms with Gasteiger partial charge in [-0.1, -0.05) is 41.4 Å². The second-order valence-corrected chi connectivity index (χ2v) is 5.45. The normalized spacial score (nSPS) is 11.2. The Morgan fingerprint density at radius 2 is 1.70 bits per heavy atom. The predicted molar refractivity (Wildman–Crippen MR) is 93.2 cm³/mol. The van der Waals surface area contributed by atoms with E-state index in [0.717, 1.165) is 11.3 Å². The summed E-state index contributed by atoms with van der Waals surface area (Å²) < 4.78 is 10.2. The number of halogens is 2. The molecule has 0 aromatic heterocycles. The van der Waals surface area contributed by atoms with Crippen molar-refractivity contribution < 1.29 is 14.3 Å². The highest BCUT2D eigenvalue weighted by Crippen LogP contribution is 2.35. The van der Waals surface area contributed by atoms with E-state index >= 15 is 0 Å². The molecule has 0 saturated carbocycles. The summed E-state index contributed by atoms with van der Waals surface area (Å²) in [5.41, 5.74) is 1.98. The lowest BCUT2D eigenvalue weighted by atomic mass is 9.97. The molecule has 2 aromatic rings. The van der Waals surface area contributed by atoms with E-state index in [2.05, 4.69) is 0 Å². The first-order chi connectivity index (χ1) is 11.1. The van der Waals surface area contributed by atoms with Crippen molar-refractivity contribution >= 4 is 34.7 Å². The average molecular weight is 351 g/mol. The van der Waals surface area contributed by atoms with Gasteiger partial charge in [-0.15, -0.1) is 0 Å². The van der Waals surface area contributed by atoms with Gasteiger partial charge < -0.3 is 9.47 Å². The van der Waals surface area contributed by atoms with Crippen molar-refractivity contribution in [3.05, 3.63) is 69.7 Å². The lowest BCUT2D eigenvalue weighted by molar-refractivity contribution is -0.137. The van der Waals surface area contributed by atoms with Gasteiger partial charge in [-0.05, 0) is 42.3 Å². The Bertz CT molecular complexity index is 701. The summed E-state index contributed by atoms with van der Waals surface area (Å²) in [4.78, 5) is 11.9. The molecule has 2 aromatic carbocycles. The van der Waals surface area contributed by atoms with Gasteiger partial charge in [-0.3, -0.25) is 0 Å². The molecule has 0 fully saturated rings. The third-order valence-electron chi connectivity index (χ3n) is 3.18. The number of esters is 1. The van der Waals surface area contributed by atoms with Crippen LogP contribution < -0.4 is 4.74 Å². The Hall–Kier alpha value is -1.97. The van der Waals surface area contributed by atoms with Crippen molar-refractivity contribution in [3.63, 3.8) is 0 Å². The van der Waals surface area contributed by atoms with Crippen LogP contribution in [0.15, 0.2) is 48.5 Å². The van der Waals surface area contributed by atoms with Crippen molar-refractivity contribution in [1.82, 2.24) is 0 Å². The number of methoxy groups -OCH3 is 1. The summed E-state index contributed by atoms with van der Waals surface area (Å²) >= 11 is 12.6. The summed E-state index contributed by atoms with van der Waals surface area (Å²) in [6.07, 6.45) is 1.40. The number of hydrogen-bond acceptors (Lipinski definition) is 3. The fourth-order valence-corrected chi connectivity index (χ4v) is 2.73. The van der Waals surface area contributed by atoms with Crippen LogP contribution >= 0.6 is 23.2 Å². The van der Waals surface area contributed by atoms with Gasteiger partial charge >= 0.3 is 5.97 Å². The molecule has 0 unspecified atom stereocenters. The Morgan fingerprint density at radius 1 is 1.09 bits per heavy atom. The van der Waals surface area contributed by atoms with Crippen molar-refractivity contribution in [1.29, 1.82) is 0 Å². The van der Waals surface area contributed by atoms with E-state index in [0.29, 0.717) is 27.8 Å². The monoisotopic (exact) mass is 350 g/mol. The van der Waals surface area contributed by atoms with Gasteiger partial charge in [0.15, 0.2) is 0 Å². The maximum atomic E-state index is 11.9. The van der Waals surface area contributed by atoms with Gasteiger partial charge in [0.25, 0.3) is 0 Å². The maximum Gasteiger partial charge on any atom is 0.331 e. The highest BCUT2D eigenvalue weighted by atomic mass is 35.5. The smallest absolute Gasteiger partial charge is 0.331 e. The molecule has 0 atom stereocenters. The van der Waals surface area contributed by atoms with Crippen molar-refractivity contribution in [2.24, 2.45) is 0 Å². The van der Waals surface area contributed by atoms with Crippen LogP contribution in [0.1, 0.15) is 18.1 Å². The first-order valence-electron chi connectivity index (χ1n) is 7.04. The minimum absolute atomic E-state index is 0.293. The van der Waals surface area contributed by atoms with Crippen molar-refractivity contribution in [3.8, 4) is 5.75 Å². The molecule has 120 valence electrons. The molecule has 2 rings (SSSR count). The van der Waals surface area contributed by atoms with Crippen LogP contribution in [-0.4, -0.2) is 19.7 Å². The molecule has 3 nitrogen and oxygen atoms in total. The number of benzene rings is 2. The van der Waals surface area contributed by atoms with Crippen molar-refractivity contribution in [2.75, 3.05) is 13.7 Å². The highest BCUT2D eigenvalue weighted by molar-refractivity contribution is 6.38. The molecule has 23 heavy (non-hydrogen) atoms. The predicted octanol–water partition coefficient (Wildman–Crippen LogP) is 5.00. The summed E-state index contributed by atoms with van der Waals surface area (Å²) in [6.45, 7) is 2.04. The highest BCUT2D eigenvalue weighted by Gasteiger charge is 2.15. The molecule has 0 saturated heterocycles. The summed E-state index contributed by atoms with van der Waals surface area (Å²) in [5, 5.41) is 0.924. The van der Waals surface area contributed by atoms with Crippen LogP contribution in [0.2, 0.25) is 10.0 Å². The van der Waals surface area contributed by atoms with E-state index in [-0.39, 0.29) is 0 Å². The van der Waals surface area contributed by atoms with Crippen LogP contribution in [0.3, 0.4) is 0 Å². The topological polar surface area (TPSA) is 35.5 Å². The van der Waals surface area contributed by atoms with E-state index in [1.807, 2.05) is 12.1 Å². The quantitative estimate of drug-likeness (QED) is 0.562.